The molecule has 0 spiro atoms. The van der Waals surface area contributed by atoms with Gasteiger partial charge in [0.2, 0.25) is 5.91 Å². The second-order valence-corrected chi connectivity index (χ2v) is 4.81. The number of hydrogen-bond donors (Lipinski definition) is 1. The maximum Gasteiger partial charge on any atom is 0.333 e. The molecule has 1 aliphatic carbocycles. The first-order chi connectivity index (χ1) is 9.20. The monoisotopic (exact) mass is 261 g/mol. The molecule has 0 aromatic heterocycles. The molecule has 1 saturated carbocycles. The smallest absolute Gasteiger partial charge is 0.333 e. The maximum atomic E-state index is 11.9. The fourth-order valence-corrected chi connectivity index (χ4v) is 1.95. The summed E-state index contributed by atoms with van der Waals surface area (Å²) in [6, 6.07) is 8.49. The quantitative estimate of drug-likeness (QED) is 0.799. The van der Waals surface area contributed by atoms with Crippen LogP contribution >= 0.6 is 0 Å². The molecule has 1 unspecified atom stereocenters. The lowest BCUT2D eigenvalue weighted by atomic mass is 10.1. The molecule has 4 heteroatoms. The minimum absolute atomic E-state index is 0.0793. The fraction of sp³-hybridized carbons (Fsp3) is 0.467. The van der Waals surface area contributed by atoms with Crippen LogP contribution in [0.2, 0.25) is 0 Å². The molecule has 1 aromatic carbocycles. The van der Waals surface area contributed by atoms with Crippen molar-refractivity contribution in [3.8, 4) is 0 Å². The summed E-state index contributed by atoms with van der Waals surface area (Å²) in [5, 5.41) is 2.78. The Balaban J connectivity index is 2.04. The van der Waals surface area contributed by atoms with E-state index in [9.17, 15) is 9.59 Å². The van der Waals surface area contributed by atoms with Gasteiger partial charge in [-0.25, -0.2) is 4.79 Å². The first-order valence-electron chi connectivity index (χ1n) is 6.71. The van der Waals surface area contributed by atoms with Crippen LogP contribution in [-0.2, 0) is 14.3 Å². The topological polar surface area (TPSA) is 55.4 Å². The number of amides is 1. The van der Waals surface area contributed by atoms with Crippen molar-refractivity contribution >= 4 is 11.9 Å². The average molecular weight is 261 g/mol. The molecule has 1 atom stereocenters. The molecule has 0 bridgehead atoms. The molecule has 0 saturated heterocycles. The number of carbonyl (C=O) groups is 2. The molecule has 2 rings (SSSR count). The molecule has 0 radical (unpaired) electrons. The van der Waals surface area contributed by atoms with E-state index in [1.54, 1.807) is 6.92 Å². The van der Waals surface area contributed by atoms with Crippen LogP contribution in [0.5, 0.6) is 0 Å². The van der Waals surface area contributed by atoms with E-state index in [1.165, 1.54) is 0 Å². The van der Waals surface area contributed by atoms with Gasteiger partial charge in [-0.3, -0.25) is 4.79 Å². The maximum absolute atomic E-state index is 11.9. The summed E-state index contributed by atoms with van der Waals surface area (Å²) in [6.07, 6.45) is 2.73. The zero-order chi connectivity index (χ0) is 13.7. The van der Waals surface area contributed by atoms with Crippen molar-refractivity contribution in [1.29, 1.82) is 0 Å². The molecule has 1 N–H and O–H groups in total. The lowest BCUT2D eigenvalue weighted by molar-refractivity contribution is -0.147. The fourth-order valence-electron chi connectivity index (χ4n) is 1.95. The van der Waals surface area contributed by atoms with Crippen molar-refractivity contribution in [3.05, 3.63) is 35.9 Å². The third kappa shape index (κ3) is 4.09. The van der Waals surface area contributed by atoms with Gasteiger partial charge in [-0.15, -0.1) is 0 Å². The van der Waals surface area contributed by atoms with Gasteiger partial charge < -0.3 is 10.1 Å². The zero-order valence-electron chi connectivity index (χ0n) is 11.1. The van der Waals surface area contributed by atoms with Gasteiger partial charge >= 0.3 is 5.97 Å². The van der Waals surface area contributed by atoms with E-state index in [1.807, 2.05) is 30.3 Å². The molecule has 1 amide bonds. The number of ether oxygens (including phenoxy) is 1. The predicted octanol–water partition coefficient (Wildman–Crippen LogP) is 2.21. The Bertz CT molecular complexity index is 440. The molecule has 0 heterocycles. The Hall–Kier alpha value is -1.84. The summed E-state index contributed by atoms with van der Waals surface area (Å²) < 4.78 is 5.03. The minimum Gasteiger partial charge on any atom is -0.464 e. The highest BCUT2D eigenvalue weighted by atomic mass is 16.5. The van der Waals surface area contributed by atoms with Gasteiger partial charge in [0.15, 0.2) is 6.04 Å². The van der Waals surface area contributed by atoms with Crippen molar-refractivity contribution in [1.82, 2.24) is 5.32 Å². The van der Waals surface area contributed by atoms with Crippen LogP contribution < -0.4 is 5.32 Å². The minimum atomic E-state index is -0.701. The molecule has 102 valence electrons. The van der Waals surface area contributed by atoms with Gasteiger partial charge in [0, 0.05) is 6.42 Å². The van der Waals surface area contributed by atoms with E-state index in [0.717, 1.165) is 18.4 Å². The summed E-state index contributed by atoms with van der Waals surface area (Å²) in [5.41, 5.74) is 0.755. The summed E-state index contributed by atoms with van der Waals surface area (Å²) in [7, 11) is 0. The largest absolute Gasteiger partial charge is 0.464 e. The number of nitrogens with one attached hydrogen (secondary N) is 1. The Morgan fingerprint density at radius 1 is 1.32 bits per heavy atom. The molecule has 4 nitrogen and oxygen atoms in total. The molecular formula is C15H19NO3. The third-order valence-electron chi connectivity index (χ3n) is 3.13. The predicted molar refractivity (Wildman–Crippen MR) is 71.3 cm³/mol. The Morgan fingerprint density at radius 2 is 2.00 bits per heavy atom. The first-order valence-corrected chi connectivity index (χ1v) is 6.71. The third-order valence-corrected chi connectivity index (χ3v) is 3.13. The van der Waals surface area contributed by atoms with Crippen LogP contribution in [0.3, 0.4) is 0 Å². The normalized spacial score (nSPS) is 15.6. The van der Waals surface area contributed by atoms with Gasteiger partial charge in [0.1, 0.15) is 0 Å². The highest BCUT2D eigenvalue weighted by Crippen LogP contribution is 2.32. The lowest BCUT2D eigenvalue weighted by Crippen LogP contribution is -2.35. The van der Waals surface area contributed by atoms with Crippen molar-refractivity contribution in [2.75, 3.05) is 6.61 Å². The zero-order valence-corrected chi connectivity index (χ0v) is 11.1. The van der Waals surface area contributed by atoms with Crippen molar-refractivity contribution in [2.24, 2.45) is 5.92 Å². The summed E-state index contributed by atoms with van der Waals surface area (Å²) in [6.45, 7) is 2.06. The van der Waals surface area contributed by atoms with Gasteiger partial charge in [-0.2, -0.15) is 0 Å². The van der Waals surface area contributed by atoms with Gasteiger partial charge in [-0.05, 0) is 31.2 Å². The van der Waals surface area contributed by atoms with E-state index >= 15 is 0 Å². The average Bonchev–Trinajstić information content (AvgIpc) is 3.21. The van der Waals surface area contributed by atoms with Crippen LogP contribution in [0, 0.1) is 5.92 Å². The number of hydrogen-bond acceptors (Lipinski definition) is 3. The number of benzene rings is 1. The molecule has 1 fully saturated rings. The number of rotatable bonds is 6. The van der Waals surface area contributed by atoms with Crippen LogP contribution in [0.25, 0.3) is 0 Å². The molecular weight excluding hydrogens is 242 g/mol. The van der Waals surface area contributed by atoms with E-state index in [2.05, 4.69) is 5.32 Å². The van der Waals surface area contributed by atoms with E-state index in [-0.39, 0.29) is 5.91 Å². The van der Waals surface area contributed by atoms with Crippen LogP contribution in [0.15, 0.2) is 30.3 Å². The Morgan fingerprint density at radius 3 is 2.58 bits per heavy atom. The first kappa shape index (κ1) is 13.6. The standard InChI is InChI=1S/C15H19NO3/c1-2-19-15(18)14(12-6-4-3-5-7-12)16-13(17)10-11-8-9-11/h3-7,11,14H,2,8-10H2,1H3,(H,16,17). The Kier molecular flexibility index (Phi) is 4.55. The number of esters is 1. The highest BCUT2D eigenvalue weighted by molar-refractivity contribution is 5.85. The summed E-state index contributed by atoms with van der Waals surface area (Å²) >= 11 is 0. The van der Waals surface area contributed by atoms with E-state index in [4.69, 9.17) is 4.74 Å². The van der Waals surface area contributed by atoms with Crippen molar-refractivity contribution in [2.45, 2.75) is 32.2 Å². The second kappa shape index (κ2) is 6.36. The van der Waals surface area contributed by atoms with Crippen molar-refractivity contribution < 1.29 is 14.3 Å². The number of carbonyl (C=O) groups excluding carboxylic acids is 2. The van der Waals surface area contributed by atoms with Gasteiger partial charge in [-0.1, -0.05) is 30.3 Å². The van der Waals surface area contributed by atoms with E-state index < -0.39 is 12.0 Å². The van der Waals surface area contributed by atoms with Gasteiger partial charge in [0.05, 0.1) is 6.61 Å². The van der Waals surface area contributed by atoms with Gasteiger partial charge in [0.25, 0.3) is 0 Å². The molecule has 1 aromatic rings. The van der Waals surface area contributed by atoms with E-state index in [0.29, 0.717) is 18.9 Å². The SMILES string of the molecule is CCOC(=O)C(NC(=O)CC1CC1)c1ccccc1. The Labute approximate surface area is 113 Å². The lowest BCUT2D eigenvalue weighted by Gasteiger charge is -2.17. The highest BCUT2D eigenvalue weighted by Gasteiger charge is 2.28. The summed E-state index contributed by atoms with van der Waals surface area (Å²) in [5.74, 6) is 0.0147. The molecule has 0 aliphatic heterocycles. The molecule has 1 aliphatic rings. The molecule has 19 heavy (non-hydrogen) atoms. The second-order valence-electron chi connectivity index (χ2n) is 4.81. The van der Waals surface area contributed by atoms with Crippen LogP contribution in [0.1, 0.15) is 37.8 Å². The summed E-state index contributed by atoms with van der Waals surface area (Å²) in [4.78, 5) is 23.8. The van der Waals surface area contributed by atoms with Crippen LogP contribution in [-0.4, -0.2) is 18.5 Å². The van der Waals surface area contributed by atoms with Crippen LogP contribution in [0.4, 0.5) is 0 Å². The van der Waals surface area contributed by atoms with Crippen molar-refractivity contribution in [3.63, 3.8) is 0 Å².